The minimum Gasteiger partial charge on any atom is -0.497 e. The fourth-order valence-corrected chi connectivity index (χ4v) is 2.95. The van der Waals surface area contributed by atoms with E-state index in [9.17, 15) is 14.4 Å². The molecule has 0 saturated heterocycles. The van der Waals surface area contributed by atoms with E-state index in [0.29, 0.717) is 41.3 Å². The van der Waals surface area contributed by atoms with Crippen LogP contribution >= 0.6 is 0 Å². The first-order valence-corrected chi connectivity index (χ1v) is 8.77. The highest BCUT2D eigenvalue weighted by Crippen LogP contribution is 2.28. The Morgan fingerprint density at radius 2 is 1.68 bits per heavy atom. The molecule has 1 heterocycles. The Labute approximate surface area is 162 Å². The lowest BCUT2D eigenvalue weighted by molar-refractivity contribution is 0.0653. The van der Waals surface area contributed by atoms with Crippen LogP contribution in [-0.4, -0.2) is 50.1 Å². The van der Waals surface area contributed by atoms with Gasteiger partial charge in [-0.15, -0.1) is 0 Å². The Kier molecular flexibility index (Phi) is 5.78. The van der Waals surface area contributed by atoms with E-state index in [4.69, 9.17) is 9.47 Å². The van der Waals surface area contributed by atoms with Crippen LogP contribution < -0.4 is 20.1 Å². The van der Waals surface area contributed by atoms with Gasteiger partial charge in [-0.05, 0) is 30.7 Å². The van der Waals surface area contributed by atoms with Crippen LogP contribution in [0.1, 0.15) is 27.1 Å². The fourth-order valence-electron chi connectivity index (χ4n) is 2.95. The van der Waals surface area contributed by atoms with Gasteiger partial charge in [0, 0.05) is 19.2 Å². The predicted octanol–water partition coefficient (Wildman–Crippen LogP) is 2.51. The van der Waals surface area contributed by atoms with Crippen LogP contribution in [0.25, 0.3) is 0 Å². The number of hydrogen-bond donors (Lipinski definition) is 2. The number of carbonyl (C=O) groups is 3. The van der Waals surface area contributed by atoms with Crippen molar-refractivity contribution in [2.75, 3.05) is 32.6 Å². The van der Waals surface area contributed by atoms with Gasteiger partial charge >= 0.3 is 6.03 Å². The zero-order valence-corrected chi connectivity index (χ0v) is 15.7. The van der Waals surface area contributed by atoms with Crippen molar-refractivity contribution in [3.63, 3.8) is 0 Å². The van der Waals surface area contributed by atoms with Crippen LogP contribution in [0, 0.1) is 0 Å². The molecule has 0 saturated carbocycles. The average molecular weight is 383 g/mol. The second kappa shape index (κ2) is 8.43. The van der Waals surface area contributed by atoms with Crippen molar-refractivity contribution in [2.45, 2.75) is 6.42 Å². The van der Waals surface area contributed by atoms with Crippen LogP contribution in [-0.2, 0) is 0 Å². The molecule has 0 fully saturated rings. The van der Waals surface area contributed by atoms with E-state index in [-0.39, 0.29) is 18.4 Å². The maximum absolute atomic E-state index is 12.3. The molecule has 0 spiro atoms. The quantitative estimate of drug-likeness (QED) is 0.566. The topological polar surface area (TPSA) is 97.0 Å². The second-order valence-electron chi connectivity index (χ2n) is 6.11. The summed E-state index contributed by atoms with van der Waals surface area (Å²) in [6.45, 7) is 0.538. The van der Waals surface area contributed by atoms with Gasteiger partial charge in [0.1, 0.15) is 11.5 Å². The maximum atomic E-state index is 12.3. The molecule has 2 aromatic carbocycles. The van der Waals surface area contributed by atoms with Crippen molar-refractivity contribution in [3.8, 4) is 11.5 Å². The standard InChI is InChI=1S/C20H21N3O5/c1-27-13-8-9-16(17(12-13)28-2)22-20(26)21-10-5-11-23-18(24)14-6-3-4-7-15(14)19(23)25/h3-4,6-9,12H,5,10-11H2,1-2H3,(H2,21,22,26). The van der Waals surface area contributed by atoms with Crippen molar-refractivity contribution in [1.82, 2.24) is 10.2 Å². The molecular formula is C20H21N3O5. The van der Waals surface area contributed by atoms with Gasteiger partial charge < -0.3 is 20.1 Å². The molecule has 0 radical (unpaired) electrons. The SMILES string of the molecule is COc1ccc(NC(=O)NCCCN2C(=O)c3ccccc3C2=O)c(OC)c1. The number of methoxy groups -OCH3 is 2. The second-order valence-corrected chi connectivity index (χ2v) is 6.11. The van der Waals surface area contributed by atoms with Crippen LogP contribution in [0.15, 0.2) is 42.5 Å². The normalized spacial score (nSPS) is 12.6. The van der Waals surface area contributed by atoms with E-state index in [1.54, 1.807) is 49.6 Å². The molecule has 4 amide bonds. The number of nitrogens with one attached hydrogen (secondary N) is 2. The number of rotatable bonds is 7. The summed E-state index contributed by atoms with van der Waals surface area (Å²) >= 11 is 0. The highest BCUT2D eigenvalue weighted by atomic mass is 16.5. The smallest absolute Gasteiger partial charge is 0.319 e. The molecule has 0 bridgehead atoms. The molecular weight excluding hydrogens is 362 g/mol. The number of amides is 4. The third-order valence-corrected chi connectivity index (χ3v) is 4.38. The molecule has 146 valence electrons. The van der Waals surface area contributed by atoms with Crippen molar-refractivity contribution in [3.05, 3.63) is 53.6 Å². The van der Waals surface area contributed by atoms with Crippen molar-refractivity contribution >= 4 is 23.5 Å². The number of benzene rings is 2. The summed E-state index contributed by atoms with van der Waals surface area (Å²) in [7, 11) is 3.04. The Morgan fingerprint density at radius 1 is 1.00 bits per heavy atom. The zero-order valence-electron chi connectivity index (χ0n) is 15.7. The monoisotopic (exact) mass is 383 g/mol. The van der Waals surface area contributed by atoms with E-state index in [0.717, 1.165) is 0 Å². The highest BCUT2D eigenvalue weighted by Gasteiger charge is 2.34. The fraction of sp³-hybridized carbons (Fsp3) is 0.250. The van der Waals surface area contributed by atoms with E-state index in [2.05, 4.69) is 10.6 Å². The van der Waals surface area contributed by atoms with Gasteiger partial charge in [0.05, 0.1) is 31.0 Å². The molecule has 0 atom stereocenters. The third kappa shape index (κ3) is 3.90. The lowest BCUT2D eigenvalue weighted by atomic mass is 10.1. The average Bonchev–Trinajstić information content (AvgIpc) is 2.96. The molecule has 1 aliphatic heterocycles. The van der Waals surface area contributed by atoms with E-state index >= 15 is 0 Å². The lowest BCUT2D eigenvalue weighted by Crippen LogP contribution is -2.35. The van der Waals surface area contributed by atoms with Crippen LogP contribution in [0.5, 0.6) is 11.5 Å². The third-order valence-electron chi connectivity index (χ3n) is 4.38. The Balaban J connectivity index is 1.48. The predicted molar refractivity (Wildman–Crippen MR) is 103 cm³/mol. The summed E-state index contributed by atoms with van der Waals surface area (Å²) in [5, 5.41) is 5.39. The maximum Gasteiger partial charge on any atom is 0.319 e. The number of imide groups is 1. The van der Waals surface area contributed by atoms with Gasteiger partial charge in [0.2, 0.25) is 0 Å². The van der Waals surface area contributed by atoms with Gasteiger partial charge in [-0.25, -0.2) is 4.79 Å². The Morgan fingerprint density at radius 3 is 2.29 bits per heavy atom. The molecule has 2 N–H and O–H groups in total. The van der Waals surface area contributed by atoms with Crippen LogP contribution in [0.4, 0.5) is 10.5 Å². The molecule has 3 rings (SSSR count). The van der Waals surface area contributed by atoms with Crippen molar-refractivity contribution in [1.29, 1.82) is 0 Å². The minimum atomic E-state index is -0.411. The van der Waals surface area contributed by atoms with E-state index < -0.39 is 6.03 Å². The largest absolute Gasteiger partial charge is 0.497 e. The summed E-state index contributed by atoms with van der Waals surface area (Å²) in [5.74, 6) is 0.491. The van der Waals surface area contributed by atoms with E-state index in [1.807, 2.05) is 0 Å². The van der Waals surface area contributed by atoms with Crippen molar-refractivity contribution in [2.24, 2.45) is 0 Å². The van der Waals surface area contributed by atoms with Gasteiger partial charge in [0.15, 0.2) is 0 Å². The number of carbonyl (C=O) groups excluding carboxylic acids is 3. The van der Waals surface area contributed by atoms with Crippen LogP contribution in [0.3, 0.4) is 0 Å². The first-order chi connectivity index (χ1) is 13.5. The lowest BCUT2D eigenvalue weighted by Gasteiger charge is -2.15. The summed E-state index contributed by atoms with van der Waals surface area (Å²) in [4.78, 5) is 37.8. The zero-order chi connectivity index (χ0) is 20.1. The molecule has 28 heavy (non-hydrogen) atoms. The van der Waals surface area contributed by atoms with Gasteiger partial charge in [0.25, 0.3) is 11.8 Å². The van der Waals surface area contributed by atoms with Gasteiger partial charge in [-0.3, -0.25) is 14.5 Å². The number of hydrogen-bond acceptors (Lipinski definition) is 5. The van der Waals surface area contributed by atoms with Crippen LogP contribution in [0.2, 0.25) is 0 Å². The molecule has 8 nitrogen and oxygen atoms in total. The minimum absolute atomic E-state index is 0.235. The Hall–Kier alpha value is -3.55. The summed E-state index contributed by atoms with van der Waals surface area (Å²) in [6.07, 6.45) is 0.443. The number of urea groups is 1. The number of nitrogens with zero attached hydrogens (tertiary/aromatic N) is 1. The Bertz CT molecular complexity index is 877. The summed E-state index contributed by atoms with van der Waals surface area (Å²) in [5.41, 5.74) is 1.34. The molecule has 0 aliphatic carbocycles. The molecule has 1 aliphatic rings. The van der Waals surface area contributed by atoms with Gasteiger partial charge in [-0.1, -0.05) is 12.1 Å². The molecule has 2 aromatic rings. The van der Waals surface area contributed by atoms with E-state index in [1.165, 1.54) is 12.0 Å². The number of fused-ring (bicyclic) bond motifs is 1. The molecule has 0 aromatic heterocycles. The summed E-state index contributed by atoms with van der Waals surface area (Å²) < 4.78 is 10.3. The first kappa shape index (κ1) is 19.2. The molecule has 0 unspecified atom stereocenters. The molecule has 8 heteroatoms. The summed E-state index contributed by atoms with van der Waals surface area (Å²) in [6, 6.07) is 11.4. The van der Waals surface area contributed by atoms with Crippen molar-refractivity contribution < 1.29 is 23.9 Å². The highest BCUT2D eigenvalue weighted by molar-refractivity contribution is 6.21. The number of anilines is 1. The number of ether oxygens (including phenoxy) is 2. The van der Waals surface area contributed by atoms with Gasteiger partial charge in [-0.2, -0.15) is 0 Å². The first-order valence-electron chi connectivity index (χ1n) is 8.77.